The highest BCUT2D eigenvalue weighted by Gasteiger charge is 2.22. The Morgan fingerprint density at radius 1 is 1.06 bits per heavy atom. The van der Waals surface area contributed by atoms with Gasteiger partial charge in [0.1, 0.15) is 0 Å². The zero-order valence-corrected chi connectivity index (χ0v) is 13.0. The van der Waals surface area contributed by atoms with Crippen molar-refractivity contribution in [1.29, 1.82) is 0 Å². The predicted molar refractivity (Wildman–Crippen MR) is 75.3 cm³/mol. The smallest absolute Gasteiger partial charge is 0.220 e. The second-order valence-electron chi connectivity index (χ2n) is 7.52. The second kappa shape index (κ2) is 6.35. The lowest BCUT2D eigenvalue weighted by atomic mass is 9.84. The van der Waals surface area contributed by atoms with Crippen molar-refractivity contribution in [3.8, 4) is 0 Å². The molecule has 0 rings (SSSR count). The van der Waals surface area contributed by atoms with Gasteiger partial charge < -0.3 is 5.32 Å². The molecule has 0 aliphatic carbocycles. The lowest BCUT2D eigenvalue weighted by molar-refractivity contribution is -0.129. The molecule has 3 nitrogen and oxygen atoms in total. The summed E-state index contributed by atoms with van der Waals surface area (Å²) in [5.74, 6) is 0.387. The highest BCUT2D eigenvalue weighted by atomic mass is 16.2. The monoisotopic (exact) mass is 255 g/mol. The van der Waals surface area contributed by atoms with Crippen LogP contribution in [-0.2, 0) is 9.59 Å². The van der Waals surface area contributed by atoms with Crippen molar-refractivity contribution in [3.63, 3.8) is 0 Å². The first-order valence-electron chi connectivity index (χ1n) is 6.72. The average Bonchev–Trinajstić information content (AvgIpc) is 2.08. The Balaban J connectivity index is 4.03. The summed E-state index contributed by atoms with van der Waals surface area (Å²) in [6.45, 7) is 14.3. The number of rotatable bonds is 5. The summed E-state index contributed by atoms with van der Waals surface area (Å²) in [6, 6.07) is 0. The zero-order chi connectivity index (χ0) is 14.6. The van der Waals surface area contributed by atoms with Gasteiger partial charge in [0.2, 0.25) is 5.91 Å². The van der Waals surface area contributed by atoms with Crippen LogP contribution in [0, 0.1) is 16.7 Å². The van der Waals surface area contributed by atoms with Crippen molar-refractivity contribution in [1.82, 2.24) is 5.32 Å². The zero-order valence-electron chi connectivity index (χ0n) is 13.0. The van der Waals surface area contributed by atoms with Crippen molar-refractivity contribution in [2.75, 3.05) is 6.54 Å². The molecule has 3 heteroatoms. The van der Waals surface area contributed by atoms with E-state index in [9.17, 15) is 9.59 Å². The number of amides is 1. The van der Waals surface area contributed by atoms with Crippen molar-refractivity contribution < 1.29 is 9.59 Å². The second-order valence-corrected chi connectivity index (χ2v) is 7.52. The summed E-state index contributed by atoms with van der Waals surface area (Å²) in [5, 5.41) is 2.72. The van der Waals surface area contributed by atoms with Crippen LogP contribution >= 0.6 is 0 Å². The number of carbonyl (C=O) groups excluding carboxylic acids is 2. The van der Waals surface area contributed by atoms with Gasteiger partial charge in [-0.1, -0.05) is 48.5 Å². The number of hydrogen-bond donors (Lipinski definition) is 1. The lowest BCUT2D eigenvalue weighted by Gasteiger charge is -2.23. The third-order valence-electron chi connectivity index (χ3n) is 2.78. The molecule has 18 heavy (non-hydrogen) atoms. The van der Waals surface area contributed by atoms with E-state index in [1.807, 2.05) is 20.8 Å². The van der Waals surface area contributed by atoms with Gasteiger partial charge in [0.15, 0.2) is 5.78 Å². The quantitative estimate of drug-likeness (QED) is 0.820. The Kier molecular flexibility index (Phi) is 6.05. The van der Waals surface area contributed by atoms with Gasteiger partial charge in [0.25, 0.3) is 0 Å². The van der Waals surface area contributed by atoms with Crippen molar-refractivity contribution in [2.45, 2.75) is 61.3 Å². The fourth-order valence-electron chi connectivity index (χ4n) is 1.95. The molecule has 0 spiro atoms. The van der Waals surface area contributed by atoms with E-state index in [1.54, 1.807) is 0 Å². The van der Waals surface area contributed by atoms with E-state index < -0.39 is 0 Å². The molecule has 0 heterocycles. The summed E-state index contributed by atoms with van der Waals surface area (Å²) < 4.78 is 0. The van der Waals surface area contributed by atoms with Gasteiger partial charge >= 0.3 is 0 Å². The van der Waals surface area contributed by atoms with Crippen LogP contribution in [0.2, 0.25) is 0 Å². The Bertz CT molecular complexity index is 295. The van der Waals surface area contributed by atoms with Crippen LogP contribution in [0.5, 0.6) is 0 Å². The molecule has 0 fully saturated rings. The lowest BCUT2D eigenvalue weighted by Crippen LogP contribution is -2.36. The predicted octanol–water partition coefficient (Wildman–Crippen LogP) is 3.18. The third kappa shape index (κ3) is 8.26. The van der Waals surface area contributed by atoms with Crippen LogP contribution in [0.25, 0.3) is 0 Å². The molecule has 1 N–H and O–H groups in total. The van der Waals surface area contributed by atoms with E-state index in [2.05, 4.69) is 33.0 Å². The van der Waals surface area contributed by atoms with Crippen LogP contribution < -0.4 is 5.32 Å². The van der Waals surface area contributed by atoms with Gasteiger partial charge in [-0.15, -0.1) is 0 Å². The Hall–Kier alpha value is -0.860. The van der Waals surface area contributed by atoms with Gasteiger partial charge in [0.05, 0.1) is 6.54 Å². The Labute approximate surface area is 112 Å². The van der Waals surface area contributed by atoms with E-state index in [4.69, 9.17) is 0 Å². The molecule has 1 atom stereocenters. The van der Waals surface area contributed by atoms with Crippen molar-refractivity contribution >= 4 is 11.7 Å². The summed E-state index contributed by atoms with van der Waals surface area (Å²) >= 11 is 0. The van der Waals surface area contributed by atoms with E-state index >= 15 is 0 Å². The van der Waals surface area contributed by atoms with Crippen LogP contribution in [0.1, 0.15) is 61.3 Å². The normalized spacial score (nSPS) is 14.2. The maximum Gasteiger partial charge on any atom is 0.220 e. The van der Waals surface area contributed by atoms with E-state index in [0.29, 0.717) is 12.3 Å². The number of Topliss-reactive ketones (excluding diaryl/α,β-unsaturated/α-hetero) is 1. The Morgan fingerprint density at radius 3 is 1.94 bits per heavy atom. The molecule has 0 aromatic heterocycles. The summed E-state index contributed by atoms with van der Waals surface area (Å²) in [7, 11) is 0. The van der Waals surface area contributed by atoms with Crippen LogP contribution in [0.4, 0.5) is 0 Å². The standard InChI is InChI=1S/C15H29NO2/c1-11(9-14(2,3)4)8-13(18)16-10-12(17)15(5,6)7/h11H,8-10H2,1-7H3,(H,16,18). The number of carbonyl (C=O) groups is 2. The largest absolute Gasteiger partial charge is 0.349 e. The highest BCUT2D eigenvalue weighted by molar-refractivity contribution is 5.89. The molecule has 0 aromatic carbocycles. The van der Waals surface area contributed by atoms with Crippen molar-refractivity contribution in [3.05, 3.63) is 0 Å². The minimum Gasteiger partial charge on any atom is -0.349 e. The molecular formula is C15H29NO2. The molecule has 0 aliphatic heterocycles. The van der Waals surface area contributed by atoms with Crippen LogP contribution in [0.3, 0.4) is 0 Å². The molecule has 1 amide bonds. The molecule has 0 saturated heterocycles. The fraction of sp³-hybridized carbons (Fsp3) is 0.867. The molecule has 1 unspecified atom stereocenters. The molecule has 0 radical (unpaired) electrons. The molecule has 0 aliphatic rings. The summed E-state index contributed by atoms with van der Waals surface area (Å²) in [4.78, 5) is 23.4. The molecule has 0 bridgehead atoms. The minimum atomic E-state index is -0.385. The average molecular weight is 255 g/mol. The van der Waals surface area contributed by atoms with Gasteiger partial charge in [0, 0.05) is 11.8 Å². The maximum atomic E-state index is 11.7. The van der Waals surface area contributed by atoms with E-state index in [-0.39, 0.29) is 29.1 Å². The SMILES string of the molecule is CC(CC(=O)NCC(=O)C(C)(C)C)CC(C)(C)C. The first-order chi connectivity index (χ1) is 7.92. The fourth-order valence-corrected chi connectivity index (χ4v) is 1.95. The van der Waals surface area contributed by atoms with Crippen LogP contribution in [0.15, 0.2) is 0 Å². The number of nitrogens with one attached hydrogen (secondary N) is 1. The topological polar surface area (TPSA) is 46.2 Å². The molecule has 0 saturated carbocycles. The Morgan fingerprint density at radius 2 is 1.56 bits per heavy atom. The number of ketones is 1. The number of hydrogen-bond acceptors (Lipinski definition) is 2. The highest BCUT2D eigenvalue weighted by Crippen LogP contribution is 2.25. The third-order valence-corrected chi connectivity index (χ3v) is 2.78. The summed E-state index contributed by atoms with van der Waals surface area (Å²) in [6.07, 6.45) is 1.50. The van der Waals surface area contributed by atoms with Crippen molar-refractivity contribution in [2.24, 2.45) is 16.7 Å². The van der Waals surface area contributed by atoms with Crippen LogP contribution in [-0.4, -0.2) is 18.2 Å². The summed E-state index contributed by atoms with van der Waals surface area (Å²) in [5.41, 5.74) is -0.148. The van der Waals surface area contributed by atoms with Gasteiger partial charge in [-0.05, 0) is 17.8 Å². The first-order valence-corrected chi connectivity index (χ1v) is 6.72. The molecule has 0 aromatic rings. The van der Waals surface area contributed by atoms with E-state index in [1.165, 1.54) is 0 Å². The maximum absolute atomic E-state index is 11.7. The molecular weight excluding hydrogens is 226 g/mol. The van der Waals surface area contributed by atoms with Gasteiger partial charge in [-0.3, -0.25) is 9.59 Å². The minimum absolute atomic E-state index is 0.0237. The van der Waals surface area contributed by atoms with E-state index in [0.717, 1.165) is 6.42 Å². The van der Waals surface area contributed by atoms with Gasteiger partial charge in [-0.2, -0.15) is 0 Å². The molecule has 106 valence electrons. The first kappa shape index (κ1) is 17.1. The van der Waals surface area contributed by atoms with Gasteiger partial charge in [-0.25, -0.2) is 0 Å².